The fourth-order valence-electron chi connectivity index (χ4n) is 7.07. The summed E-state index contributed by atoms with van der Waals surface area (Å²) >= 11 is -6.51. The Morgan fingerprint density at radius 1 is 0.474 bits per heavy atom. The molecule has 0 amide bonds. The van der Waals surface area contributed by atoms with Crippen LogP contribution in [0.4, 0.5) is 17.6 Å². The van der Waals surface area contributed by atoms with Gasteiger partial charge in [-0.25, -0.2) is 0 Å². The normalized spacial score (nSPS) is 16.5. The van der Waals surface area contributed by atoms with Gasteiger partial charge in [0, 0.05) is 0 Å². The molecule has 0 fully saturated rings. The third-order valence-corrected chi connectivity index (χ3v) is 19.0. The second-order valence-electron chi connectivity index (χ2n) is 13.3. The van der Waals surface area contributed by atoms with E-state index in [4.69, 9.17) is 15.0 Å². The average molecular weight is 1010 g/mol. The molecule has 7 aromatic carbocycles. The van der Waals surface area contributed by atoms with Crippen molar-refractivity contribution in [1.82, 2.24) is 0 Å². The summed E-state index contributed by atoms with van der Waals surface area (Å²) < 4.78 is 76.1. The van der Waals surface area contributed by atoms with Crippen molar-refractivity contribution in [2.75, 3.05) is 0 Å². The summed E-state index contributed by atoms with van der Waals surface area (Å²) in [7, 11) is 6.66. The number of aryl methyl sites for hydroxylation is 1. The molecule has 0 saturated carbocycles. The maximum atomic E-state index is 15.8. The second kappa shape index (κ2) is 16.2. The van der Waals surface area contributed by atoms with Gasteiger partial charge >= 0.3 is 351 Å². The number of hydrogen-bond donors (Lipinski definition) is 0. The Balaban J connectivity index is 0.000000177. The van der Waals surface area contributed by atoms with E-state index in [2.05, 4.69) is 71.5 Å². The standard InChI is InChI=1S/C28H21F4IO2.C19H14ClIO/c1-20-16-18-23(19-17-20)34-28(31,32)27(29,30)33-25-15-9-8-14-24(25)26(35-33,21-10-4-2-5-11-21)22-12-6-3-7-13-22;20-21-18-14-8-7-13-17(18)19(22-21,15-9-3-1-4-10-15)16-11-5-2-6-12-16/h2-19H,1H3;1-14H. The van der Waals surface area contributed by atoms with E-state index in [1.54, 1.807) is 85.8 Å². The van der Waals surface area contributed by atoms with Crippen LogP contribution < -0.4 is 4.74 Å². The third kappa shape index (κ3) is 7.15. The molecule has 0 atom stereocenters. The molecule has 7 aromatic rings. The first-order chi connectivity index (χ1) is 27.6. The molecule has 0 saturated heterocycles. The minimum atomic E-state index is -4.77. The van der Waals surface area contributed by atoms with Crippen LogP contribution in [0.15, 0.2) is 194 Å². The van der Waals surface area contributed by atoms with E-state index in [9.17, 15) is 0 Å². The number of rotatable bonds is 8. The van der Waals surface area contributed by atoms with E-state index in [-0.39, 0.29) is 9.32 Å². The van der Waals surface area contributed by atoms with Crippen molar-refractivity contribution in [1.29, 1.82) is 0 Å². The van der Waals surface area contributed by atoms with Crippen LogP contribution in [0.3, 0.4) is 0 Å². The number of hydrogen-bond acceptors (Lipinski definition) is 3. The molecular formula is C47H35ClF4I2O3. The summed E-state index contributed by atoms with van der Waals surface area (Å²) in [5.74, 6) is -0.332. The minimum absolute atomic E-state index is 0.140. The quantitative estimate of drug-likeness (QED) is 0.0862. The molecule has 0 aliphatic carbocycles. The summed E-state index contributed by atoms with van der Waals surface area (Å²) in [5, 5.41) is 0. The van der Waals surface area contributed by atoms with Crippen molar-refractivity contribution in [3.63, 3.8) is 0 Å². The van der Waals surface area contributed by atoms with E-state index >= 15 is 17.6 Å². The number of benzene rings is 7. The SMILES string of the molecule is Cc1ccc(OC(F)(F)C(F)(F)I2OC(c3ccccc3)(c3ccccc3)c3ccccc32)cc1.ClI1OC(c2ccccc2)(c2ccccc2)c2ccccc21. The number of ether oxygens (including phenoxy) is 1. The average Bonchev–Trinajstić information content (AvgIpc) is 3.77. The van der Waals surface area contributed by atoms with Crippen LogP contribution in [-0.4, -0.2) is 10.0 Å². The predicted octanol–water partition coefficient (Wildman–Crippen LogP) is 13.9. The fourth-order valence-corrected chi connectivity index (χ4v) is 16.5. The fraction of sp³-hybridized carbons (Fsp3) is 0.106. The van der Waals surface area contributed by atoms with Gasteiger partial charge in [0.15, 0.2) is 0 Å². The first-order valence-corrected chi connectivity index (χ1v) is 25.7. The van der Waals surface area contributed by atoms with Crippen LogP contribution in [0, 0.1) is 14.1 Å². The van der Waals surface area contributed by atoms with Gasteiger partial charge in [0.05, 0.1) is 0 Å². The van der Waals surface area contributed by atoms with Crippen LogP contribution in [-0.2, 0) is 17.3 Å². The van der Waals surface area contributed by atoms with Gasteiger partial charge in [0.2, 0.25) is 0 Å². The molecule has 10 heteroatoms. The van der Waals surface area contributed by atoms with Gasteiger partial charge in [-0.15, -0.1) is 0 Å². The van der Waals surface area contributed by atoms with Gasteiger partial charge < -0.3 is 0 Å². The summed E-state index contributed by atoms with van der Waals surface area (Å²) in [6, 6.07) is 58.9. The molecule has 0 unspecified atom stereocenters. The molecule has 290 valence electrons. The molecule has 0 spiro atoms. The predicted molar refractivity (Wildman–Crippen MR) is 234 cm³/mol. The first-order valence-electron chi connectivity index (χ1n) is 18.0. The van der Waals surface area contributed by atoms with Crippen molar-refractivity contribution in [3.05, 3.63) is 240 Å². The van der Waals surface area contributed by atoms with Crippen LogP contribution >= 0.6 is 48.2 Å². The number of alkyl halides is 5. The number of halogens is 7. The third-order valence-electron chi connectivity index (χ3n) is 9.76. The molecule has 0 N–H and O–H groups in total. The topological polar surface area (TPSA) is 27.7 Å². The van der Waals surface area contributed by atoms with E-state index in [0.717, 1.165) is 16.7 Å². The number of fused-ring (bicyclic) bond motifs is 2. The molecule has 2 heterocycles. The van der Waals surface area contributed by atoms with Gasteiger partial charge in [-0.1, -0.05) is 0 Å². The first kappa shape index (κ1) is 39.6. The van der Waals surface area contributed by atoms with Crippen molar-refractivity contribution < 1.29 is 28.4 Å². The Labute approximate surface area is 348 Å². The molecule has 0 radical (unpaired) electrons. The van der Waals surface area contributed by atoms with Crippen molar-refractivity contribution in [3.8, 4) is 5.75 Å². The van der Waals surface area contributed by atoms with Gasteiger partial charge in [-0.2, -0.15) is 0 Å². The Hall–Kier alpha value is -4.27. The van der Waals surface area contributed by atoms with Crippen molar-refractivity contribution >= 4 is 48.2 Å². The summed E-state index contributed by atoms with van der Waals surface area (Å²) in [6.07, 6.45) is -4.77. The molecule has 3 nitrogen and oxygen atoms in total. The van der Waals surface area contributed by atoms with E-state index in [1.165, 1.54) is 39.5 Å². The molecule has 2 aliphatic heterocycles. The molecule has 9 rings (SSSR count). The summed E-state index contributed by atoms with van der Waals surface area (Å²) in [4.78, 5) is 0. The van der Waals surface area contributed by atoms with E-state index in [1.807, 2.05) is 18.2 Å². The van der Waals surface area contributed by atoms with Crippen LogP contribution in [0.1, 0.15) is 38.9 Å². The van der Waals surface area contributed by atoms with Crippen molar-refractivity contribution in [2.24, 2.45) is 0 Å². The Bertz CT molecular complexity index is 2360. The molecule has 0 aromatic heterocycles. The molecule has 0 bridgehead atoms. The van der Waals surface area contributed by atoms with E-state index in [0.29, 0.717) is 16.7 Å². The van der Waals surface area contributed by atoms with Gasteiger partial charge in [-0.3, -0.25) is 0 Å². The van der Waals surface area contributed by atoms with Crippen LogP contribution in [0.2, 0.25) is 0 Å². The van der Waals surface area contributed by atoms with Crippen LogP contribution in [0.25, 0.3) is 0 Å². The molecule has 57 heavy (non-hydrogen) atoms. The zero-order valence-electron chi connectivity index (χ0n) is 30.3. The summed E-state index contributed by atoms with van der Waals surface area (Å²) in [6.45, 7) is 1.76. The Kier molecular flexibility index (Phi) is 11.2. The van der Waals surface area contributed by atoms with Crippen molar-refractivity contribution in [2.45, 2.75) is 28.2 Å². The van der Waals surface area contributed by atoms with Gasteiger partial charge in [0.25, 0.3) is 0 Å². The zero-order chi connectivity index (χ0) is 39.7. The van der Waals surface area contributed by atoms with Crippen LogP contribution in [0.5, 0.6) is 5.75 Å². The van der Waals surface area contributed by atoms with Gasteiger partial charge in [-0.05, 0) is 0 Å². The molecular weight excluding hydrogens is 978 g/mol. The summed E-state index contributed by atoms with van der Waals surface area (Å²) in [5.41, 5.74) is 3.88. The Morgan fingerprint density at radius 3 is 1.30 bits per heavy atom. The maximum absolute atomic E-state index is 15.8. The Morgan fingerprint density at radius 2 is 0.842 bits per heavy atom. The van der Waals surface area contributed by atoms with Gasteiger partial charge in [0.1, 0.15) is 0 Å². The monoisotopic (exact) mass is 1010 g/mol. The molecule has 2 aliphatic rings. The second-order valence-corrected chi connectivity index (χ2v) is 22.2. The zero-order valence-corrected chi connectivity index (χ0v) is 35.4. The van der Waals surface area contributed by atoms with E-state index < -0.39 is 60.6 Å².